The van der Waals surface area contributed by atoms with E-state index < -0.39 is 16.4 Å². The Hall–Kier alpha value is -2.18. The van der Waals surface area contributed by atoms with Gasteiger partial charge in [-0.05, 0) is 0 Å². The van der Waals surface area contributed by atoms with Crippen LogP contribution in [0.1, 0.15) is 119 Å². The predicted molar refractivity (Wildman–Crippen MR) is 215 cm³/mol. The van der Waals surface area contributed by atoms with Crippen molar-refractivity contribution in [3.8, 4) is 22.3 Å². The molecule has 3 heteroatoms. The molecular formula is C46H55Cl2Zr. The SMILES string of the molecule is CCC1=Cc2c(-c3cc(C)cc(C)c3)c(C)c(C)c(C)c2[CH]1[Zr]([Cl])([Cl])([CH2]C)[CH]1C(CC)=Cc2c(-c3cc(C)cc(C)c3)c(C)c(C)c(C)c21. The normalized spacial score (nSPS) is 17.8. The van der Waals surface area contributed by atoms with Gasteiger partial charge in [-0.3, -0.25) is 0 Å². The fourth-order valence-electron chi connectivity index (χ4n) is 9.89. The molecule has 4 aromatic carbocycles. The van der Waals surface area contributed by atoms with Gasteiger partial charge < -0.3 is 0 Å². The van der Waals surface area contributed by atoms with E-state index in [2.05, 4.69) is 139 Å². The molecule has 0 saturated carbocycles. The number of fused-ring (bicyclic) bond motifs is 2. The van der Waals surface area contributed by atoms with E-state index in [1.54, 1.807) is 0 Å². The minimum absolute atomic E-state index is 0.0512. The van der Waals surface area contributed by atoms with E-state index >= 15 is 0 Å². The van der Waals surface area contributed by atoms with Gasteiger partial charge in [-0.15, -0.1) is 0 Å². The van der Waals surface area contributed by atoms with E-state index in [9.17, 15) is 0 Å². The molecule has 0 fully saturated rings. The van der Waals surface area contributed by atoms with Gasteiger partial charge in [0.05, 0.1) is 0 Å². The van der Waals surface area contributed by atoms with Crippen molar-refractivity contribution in [2.45, 2.75) is 114 Å². The zero-order chi connectivity index (χ0) is 35.9. The van der Waals surface area contributed by atoms with Crippen molar-refractivity contribution in [2.75, 3.05) is 0 Å². The maximum atomic E-state index is 8.71. The van der Waals surface area contributed by atoms with Crippen LogP contribution in [0, 0.1) is 69.2 Å². The van der Waals surface area contributed by atoms with E-state index in [1.165, 1.54) is 111 Å². The van der Waals surface area contributed by atoms with E-state index in [0.29, 0.717) is 0 Å². The number of allylic oxidation sites excluding steroid dienone is 2. The van der Waals surface area contributed by atoms with Crippen molar-refractivity contribution >= 4 is 29.2 Å². The van der Waals surface area contributed by atoms with Crippen molar-refractivity contribution in [3.63, 3.8) is 0 Å². The molecular weight excluding hydrogens is 715 g/mol. The number of rotatable bonds is 7. The van der Waals surface area contributed by atoms with Crippen LogP contribution in [0.25, 0.3) is 34.4 Å². The molecule has 2 atom stereocenters. The van der Waals surface area contributed by atoms with Crippen LogP contribution in [0.15, 0.2) is 47.5 Å². The molecule has 0 heterocycles. The maximum absolute atomic E-state index is 8.71. The van der Waals surface area contributed by atoms with Crippen LogP contribution in [0.4, 0.5) is 0 Å². The van der Waals surface area contributed by atoms with Crippen molar-refractivity contribution in [1.82, 2.24) is 0 Å². The fraction of sp³-hybridized carbons (Fsp3) is 0.391. The summed E-state index contributed by atoms with van der Waals surface area (Å²) in [6.45, 7) is 29.7. The average molecular weight is 770 g/mol. The summed E-state index contributed by atoms with van der Waals surface area (Å²) in [5, 5.41) is 0. The van der Waals surface area contributed by atoms with Gasteiger partial charge in [-0.25, -0.2) is 0 Å². The second-order valence-electron chi connectivity index (χ2n) is 15.6. The van der Waals surface area contributed by atoms with Crippen molar-refractivity contribution in [3.05, 3.63) is 125 Å². The van der Waals surface area contributed by atoms with Gasteiger partial charge >= 0.3 is 307 Å². The van der Waals surface area contributed by atoms with Crippen LogP contribution in [0.3, 0.4) is 0 Å². The Morgan fingerprint density at radius 1 is 0.469 bits per heavy atom. The van der Waals surface area contributed by atoms with Crippen LogP contribution in [0.5, 0.6) is 0 Å². The van der Waals surface area contributed by atoms with E-state index in [4.69, 9.17) is 17.0 Å². The first-order valence-electron chi connectivity index (χ1n) is 18.4. The number of hydrogen-bond donors (Lipinski definition) is 0. The van der Waals surface area contributed by atoms with Crippen molar-refractivity contribution in [1.29, 1.82) is 0 Å². The first kappa shape index (κ1) is 36.6. The van der Waals surface area contributed by atoms with Gasteiger partial charge in [0, 0.05) is 0 Å². The van der Waals surface area contributed by atoms with Gasteiger partial charge in [0.1, 0.15) is 0 Å². The molecule has 2 unspecified atom stereocenters. The molecule has 2 aliphatic rings. The molecule has 0 radical (unpaired) electrons. The van der Waals surface area contributed by atoms with Gasteiger partial charge in [0.15, 0.2) is 0 Å². The Morgan fingerprint density at radius 3 is 1.08 bits per heavy atom. The Kier molecular flexibility index (Phi) is 9.56. The summed E-state index contributed by atoms with van der Waals surface area (Å²) in [6.07, 6.45) is 6.91. The zero-order valence-corrected chi connectivity index (χ0v) is 36.1. The summed E-state index contributed by atoms with van der Waals surface area (Å²) in [5.74, 6) is 0. The summed E-state index contributed by atoms with van der Waals surface area (Å²) >= 11 is -4.97. The molecule has 0 aromatic heterocycles. The third-order valence-electron chi connectivity index (χ3n) is 12.6. The van der Waals surface area contributed by atoms with Crippen LogP contribution >= 0.6 is 17.0 Å². The number of aryl methyl sites for hydroxylation is 4. The summed E-state index contributed by atoms with van der Waals surface area (Å²) in [7, 11) is 17.4. The molecule has 0 aliphatic heterocycles. The monoisotopic (exact) mass is 767 g/mol. The second-order valence-corrected chi connectivity index (χ2v) is 38.5. The van der Waals surface area contributed by atoms with Crippen LogP contribution in [-0.2, 0) is 16.4 Å². The molecule has 0 amide bonds. The Labute approximate surface area is 305 Å². The quantitative estimate of drug-likeness (QED) is 0.176. The molecule has 0 spiro atoms. The van der Waals surface area contributed by atoms with E-state index in [0.717, 1.165) is 17.0 Å². The summed E-state index contributed by atoms with van der Waals surface area (Å²) in [4.78, 5) is 0. The molecule has 0 bridgehead atoms. The number of benzene rings is 4. The first-order chi connectivity index (χ1) is 23.0. The van der Waals surface area contributed by atoms with Gasteiger partial charge in [-0.2, -0.15) is 0 Å². The van der Waals surface area contributed by atoms with Gasteiger partial charge in [0.25, 0.3) is 0 Å². The van der Waals surface area contributed by atoms with Gasteiger partial charge in [-0.1, -0.05) is 0 Å². The standard InChI is InChI=1S/2C22H25.C2H5.2ClH.Zr/c2*1-7-18-11-20-16(5)15(4)17(6)22(21(20)12-18)19-9-13(2)8-14(3)10-19;1-2;;;/h2*8-12H,7H2,1-6H3;1H2,2H3;2*1H;/q;;;;;+2/p-2. The number of hydrogen-bond acceptors (Lipinski definition) is 0. The summed E-state index contributed by atoms with van der Waals surface area (Å²) < 4.78 is 0.926. The third kappa shape index (κ3) is 5.56. The molecule has 0 saturated heterocycles. The zero-order valence-electron chi connectivity index (χ0n) is 32.2. The van der Waals surface area contributed by atoms with Crippen molar-refractivity contribution in [2.24, 2.45) is 0 Å². The second kappa shape index (κ2) is 12.8. The Bertz CT molecular complexity index is 1930. The predicted octanol–water partition coefficient (Wildman–Crippen LogP) is 14.9. The molecule has 4 aromatic rings. The van der Waals surface area contributed by atoms with Crippen LogP contribution in [-0.4, -0.2) is 0 Å². The molecule has 6 rings (SSSR count). The molecule has 257 valence electrons. The fourth-order valence-corrected chi connectivity index (χ4v) is 28.5. The van der Waals surface area contributed by atoms with Crippen molar-refractivity contribution < 1.29 is 16.4 Å². The van der Waals surface area contributed by atoms with Crippen LogP contribution < -0.4 is 0 Å². The Balaban J connectivity index is 1.69. The van der Waals surface area contributed by atoms with E-state index in [-0.39, 0.29) is 7.25 Å². The summed E-state index contributed by atoms with van der Waals surface area (Å²) in [6, 6.07) is 14.0. The van der Waals surface area contributed by atoms with Gasteiger partial charge in [0.2, 0.25) is 0 Å². The van der Waals surface area contributed by atoms with Crippen LogP contribution in [0.2, 0.25) is 4.13 Å². The topological polar surface area (TPSA) is 0 Å². The molecule has 49 heavy (non-hydrogen) atoms. The summed E-state index contributed by atoms with van der Waals surface area (Å²) in [5.41, 5.74) is 27.1. The first-order valence-corrected chi connectivity index (χ1v) is 29.3. The number of halogens is 2. The molecule has 2 aliphatic carbocycles. The molecule has 0 nitrogen and oxygen atoms in total. The third-order valence-corrected chi connectivity index (χ3v) is 33.3. The molecule has 0 N–H and O–H groups in total. The Morgan fingerprint density at radius 2 is 0.796 bits per heavy atom. The van der Waals surface area contributed by atoms with E-state index in [1.807, 2.05) is 0 Å². The average Bonchev–Trinajstić information content (AvgIpc) is 3.63. The minimum atomic E-state index is -4.97.